The van der Waals surface area contributed by atoms with Gasteiger partial charge >= 0.3 is 0 Å². The molecule has 3 aromatic heterocycles. The van der Waals surface area contributed by atoms with Crippen molar-refractivity contribution in [3.05, 3.63) is 66.2 Å². The van der Waals surface area contributed by atoms with Crippen LogP contribution in [0.2, 0.25) is 0 Å². The summed E-state index contributed by atoms with van der Waals surface area (Å²) in [6, 6.07) is 9.40. The van der Waals surface area contributed by atoms with Gasteiger partial charge in [-0.1, -0.05) is 6.07 Å². The normalized spacial score (nSPS) is 10.7. The van der Waals surface area contributed by atoms with Crippen LogP contribution in [0.4, 0.5) is 0 Å². The Kier molecular flexibility index (Phi) is 3.64. The maximum Gasteiger partial charge on any atom is 0.264 e. The van der Waals surface area contributed by atoms with Gasteiger partial charge in [0.05, 0.1) is 40.5 Å². The van der Waals surface area contributed by atoms with Crippen LogP contribution in [0.15, 0.2) is 55.1 Å². The summed E-state index contributed by atoms with van der Waals surface area (Å²) >= 11 is 2.02. The molecule has 0 radical (unpaired) electrons. The smallest absolute Gasteiger partial charge is 0.264 e. The first-order chi connectivity index (χ1) is 9.74. The molecule has 0 unspecified atom stereocenters. The van der Waals surface area contributed by atoms with Crippen LogP contribution in [-0.4, -0.2) is 23.6 Å². The number of carbonyl (C=O) groups is 1. The summed E-state index contributed by atoms with van der Waals surface area (Å²) in [5, 5.41) is 4.14. The number of hydrogen-bond donors (Lipinski definition) is 0. The summed E-state index contributed by atoms with van der Waals surface area (Å²) in [6.07, 6.45) is 6.93. The average Bonchev–Trinajstić information content (AvgIpc) is 2.94. The Balaban J connectivity index is 1.80. The van der Waals surface area contributed by atoms with E-state index in [1.807, 2.05) is 53.2 Å². The van der Waals surface area contributed by atoms with Crippen molar-refractivity contribution in [2.24, 2.45) is 0 Å². The quantitative estimate of drug-likeness (QED) is 0.520. The highest BCUT2D eigenvalue weighted by molar-refractivity contribution is 14.1. The molecule has 20 heavy (non-hydrogen) atoms. The minimum atomic E-state index is -0.0492. The van der Waals surface area contributed by atoms with Crippen LogP contribution in [0.1, 0.15) is 15.9 Å². The minimum absolute atomic E-state index is 0.0492. The monoisotopic (exact) mass is 378 g/mol. The van der Waals surface area contributed by atoms with E-state index in [2.05, 4.69) is 10.1 Å². The van der Waals surface area contributed by atoms with Crippen LogP contribution >= 0.6 is 22.9 Å². The van der Waals surface area contributed by atoms with Gasteiger partial charge in [-0.2, -0.15) is 5.10 Å². The van der Waals surface area contributed by atoms with Gasteiger partial charge in [-0.15, -0.1) is 0 Å². The molecule has 0 bridgehead atoms. The lowest BCUT2D eigenvalue weighted by atomic mass is 10.2. The Bertz CT molecular complexity index is 741. The predicted molar refractivity (Wildman–Crippen MR) is 83.3 cm³/mol. The third-order valence-electron chi connectivity index (χ3n) is 2.91. The van der Waals surface area contributed by atoms with Gasteiger partial charge in [0.2, 0.25) is 0 Å². The van der Waals surface area contributed by atoms with Crippen molar-refractivity contribution in [1.82, 2.24) is 17.7 Å². The molecule has 0 N–H and O–H groups in total. The fourth-order valence-corrected chi connectivity index (χ4v) is 2.58. The Labute approximate surface area is 129 Å². The lowest BCUT2D eigenvalue weighted by Gasteiger charge is -2.14. The van der Waals surface area contributed by atoms with Gasteiger partial charge < -0.3 is 0 Å². The van der Waals surface area contributed by atoms with E-state index < -0.39 is 0 Å². The molecule has 0 spiro atoms. The van der Waals surface area contributed by atoms with E-state index in [-0.39, 0.29) is 5.91 Å². The maximum atomic E-state index is 12.4. The van der Waals surface area contributed by atoms with E-state index in [0.717, 1.165) is 11.1 Å². The van der Waals surface area contributed by atoms with Crippen LogP contribution in [-0.2, 0) is 6.54 Å². The first-order valence-electron chi connectivity index (χ1n) is 6.04. The molecule has 0 saturated carbocycles. The zero-order valence-corrected chi connectivity index (χ0v) is 12.6. The van der Waals surface area contributed by atoms with Crippen LogP contribution < -0.4 is 0 Å². The minimum Gasteiger partial charge on any atom is -0.276 e. The summed E-state index contributed by atoms with van der Waals surface area (Å²) in [6.45, 7) is 0.518. The molecule has 1 amide bonds. The molecule has 0 atom stereocenters. The fraction of sp³-hybridized carbons (Fsp3) is 0.0714. The molecule has 5 nitrogen and oxygen atoms in total. The second-order valence-corrected chi connectivity index (χ2v) is 5.47. The first-order valence-corrected chi connectivity index (χ1v) is 7.00. The number of carbonyl (C=O) groups excluding carboxylic acids is 1. The molecule has 100 valence electrons. The summed E-state index contributed by atoms with van der Waals surface area (Å²) < 4.78 is 3.33. The first kappa shape index (κ1) is 13.0. The molecule has 0 aromatic carbocycles. The van der Waals surface area contributed by atoms with Crippen molar-refractivity contribution in [1.29, 1.82) is 0 Å². The number of halogens is 1. The van der Waals surface area contributed by atoms with Crippen molar-refractivity contribution >= 4 is 34.3 Å². The molecule has 0 saturated heterocycles. The van der Waals surface area contributed by atoms with Crippen LogP contribution in [0.25, 0.3) is 5.52 Å². The molecule has 0 aliphatic carbocycles. The average molecular weight is 378 g/mol. The zero-order valence-electron chi connectivity index (χ0n) is 10.5. The van der Waals surface area contributed by atoms with Gasteiger partial charge in [-0.05, 0) is 29.8 Å². The molecule has 3 rings (SSSR count). The summed E-state index contributed by atoms with van der Waals surface area (Å²) in [5.41, 5.74) is 2.57. The second kappa shape index (κ2) is 5.58. The standard InChI is InChI=1S/C14H11IN4O/c15-18(9-11-2-1-6-16-8-11)14(20)12-3-4-13-5-7-17-19(13)10-12/h1-8,10H,9H2. The molecular formula is C14H11IN4O. The molecular weight excluding hydrogens is 367 g/mol. The summed E-state index contributed by atoms with van der Waals surface area (Å²) in [5.74, 6) is -0.0492. The Morgan fingerprint density at radius 2 is 2.15 bits per heavy atom. The number of rotatable bonds is 3. The third-order valence-corrected chi connectivity index (χ3v) is 3.69. The van der Waals surface area contributed by atoms with E-state index in [4.69, 9.17) is 0 Å². The molecule has 0 fully saturated rings. The number of fused-ring (bicyclic) bond motifs is 1. The van der Waals surface area contributed by atoms with E-state index in [0.29, 0.717) is 12.1 Å². The number of pyridine rings is 2. The van der Waals surface area contributed by atoms with E-state index >= 15 is 0 Å². The van der Waals surface area contributed by atoms with E-state index in [9.17, 15) is 4.79 Å². The van der Waals surface area contributed by atoms with Crippen LogP contribution in [0.3, 0.4) is 0 Å². The van der Waals surface area contributed by atoms with Gasteiger partial charge in [-0.25, -0.2) is 4.52 Å². The zero-order chi connectivity index (χ0) is 13.9. The lowest BCUT2D eigenvalue weighted by Crippen LogP contribution is -2.20. The number of amides is 1. The van der Waals surface area contributed by atoms with Crippen LogP contribution in [0, 0.1) is 0 Å². The maximum absolute atomic E-state index is 12.4. The molecule has 3 aromatic rings. The lowest BCUT2D eigenvalue weighted by molar-refractivity contribution is 0.0882. The highest BCUT2D eigenvalue weighted by atomic mass is 127. The largest absolute Gasteiger partial charge is 0.276 e. The fourth-order valence-electron chi connectivity index (χ4n) is 1.90. The molecule has 3 heterocycles. The number of aromatic nitrogens is 3. The van der Waals surface area contributed by atoms with Gasteiger partial charge in [-0.3, -0.25) is 12.9 Å². The SMILES string of the molecule is O=C(c1ccc2ccnn2c1)N(I)Cc1cccnc1. The second-order valence-electron chi connectivity index (χ2n) is 4.31. The van der Waals surface area contributed by atoms with E-state index in [1.165, 1.54) is 0 Å². The van der Waals surface area contributed by atoms with Gasteiger partial charge in [0.15, 0.2) is 0 Å². The molecule has 0 aliphatic rings. The van der Waals surface area contributed by atoms with Gasteiger partial charge in [0.1, 0.15) is 0 Å². The predicted octanol–water partition coefficient (Wildman–Crippen LogP) is 2.72. The topological polar surface area (TPSA) is 50.5 Å². The highest BCUT2D eigenvalue weighted by Crippen LogP contribution is 2.14. The third kappa shape index (κ3) is 2.64. The van der Waals surface area contributed by atoms with Crippen LogP contribution in [0.5, 0.6) is 0 Å². The Morgan fingerprint density at radius 1 is 1.25 bits per heavy atom. The van der Waals surface area contributed by atoms with Crippen molar-refractivity contribution in [2.45, 2.75) is 6.54 Å². The van der Waals surface area contributed by atoms with Crippen molar-refractivity contribution < 1.29 is 4.79 Å². The van der Waals surface area contributed by atoms with E-state index in [1.54, 1.807) is 32.4 Å². The van der Waals surface area contributed by atoms with Gasteiger partial charge in [0.25, 0.3) is 5.91 Å². The molecule has 0 aliphatic heterocycles. The number of hydrogen-bond acceptors (Lipinski definition) is 3. The number of nitrogens with zero attached hydrogens (tertiary/aromatic N) is 4. The van der Waals surface area contributed by atoms with Crippen molar-refractivity contribution in [2.75, 3.05) is 0 Å². The van der Waals surface area contributed by atoms with Crippen molar-refractivity contribution in [3.8, 4) is 0 Å². The Hall–Kier alpha value is -1.96. The Morgan fingerprint density at radius 3 is 2.95 bits per heavy atom. The summed E-state index contributed by atoms with van der Waals surface area (Å²) in [7, 11) is 0. The summed E-state index contributed by atoms with van der Waals surface area (Å²) in [4.78, 5) is 16.4. The van der Waals surface area contributed by atoms with Gasteiger partial charge in [0, 0.05) is 24.8 Å². The highest BCUT2D eigenvalue weighted by Gasteiger charge is 2.14. The van der Waals surface area contributed by atoms with Crippen molar-refractivity contribution in [3.63, 3.8) is 0 Å². The molecule has 6 heteroatoms.